The van der Waals surface area contributed by atoms with Crippen LogP contribution in [0.4, 0.5) is 0 Å². The number of amides is 1. The van der Waals surface area contributed by atoms with Gasteiger partial charge in [0.05, 0.1) is 0 Å². The number of carbonyl (C=O) groups is 1. The molecule has 3 rings (SSSR count). The van der Waals surface area contributed by atoms with E-state index in [1.807, 2.05) is 49.4 Å². The molecule has 1 heterocycles. The largest absolute Gasteiger partial charge is 0.478 e. The summed E-state index contributed by atoms with van der Waals surface area (Å²) in [5.41, 5.74) is 0.983. The van der Waals surface area contributed by atoms with Crippen molar-refractivity contribution in [2.45, 2.75) is 44.8 Å². The Hall–Kier alpha value is -2.56. The Morgan fingerprint density at radius 3 is 2.19 bits per heavy atom. The van der Waals surface area contributed by atoms with Gasteiger partial charge >= 0.3 is 0 Å². The molecule has 2 aromatic carbocycles. The molecule has 0 aliphatic heterocycles. The van der Waals surface area contributed by atoms with E-state index in [4.69, 9.17) is 27.9 Å². The van der Waals surface area contributed by atoms with E-state index >= 15 is 0 Å². The molecule has 31 heavy (non-hydrogen) atoms. The third-order valence-corrected chi connectivity index (χ3v) is 5.64. The van der Waals surface area contributed by atoms with Crippen molar-refractivity contribution >= 4 is 29.1 Å². The molecular formula is C25H26Cl2N2O2. The highest BCUT2D eigenvalue weighted by atomic mass is 35.5. The maximum Gasteiger partial charge on any atom is 0.263 e. The molecule has 4 nitrogen and oxygen atoms in total. The predicted octanol–water partition coefficient (Wildman–Crippen LogP) is 6.08. The molecule has 0 radical (unpaired) electrons. The second kappa shape index (κ2) is 10.2. The number of nitrogens with one attached hydrogen (secondary N) is 1. The fourth-order valence-corrected chi connectivity index (χ4v) is 3.58. The first-order valence-corrected chi connectivity index (χ1v) is 10.9. The van der Waals surface area contributed by atoms with Crippen LogP contribution in [0.1, 0.15) is 37.9 Å². The Labute approximate surface area is 193 Å². The van der Waals surface area contributed by atoms with Crippen LogP contribution in [-0.2, 0) is 11.2 Å². The summed E-state index contributed by atoms with van der Waals surface area (Å²) in [4.78, 5) is 17.6. The van der Waals surface area contributed by atoms with Crippen molar-refractivity contribution in [3.05, 3.63) is 94.2 Å². The summed E-state index contributed by atoms with van der Waals surface area (Å²) in [5.74, 6) is 0.365. The number of aromatic nitrogens is 1. The maximum atomic E-state index is 13.1. The lowest BCUT2D eigenvalue weighted by molar-refractivity contribution is -0.135. The van der Waals surface area contributed by atoms with Crippen LogP contribution in [0, 0.1) is 0 Å². The minimum absolute atomic E-state index is 0.0161. The van der Waals surface area contributed by atoms with Gasteiger partial charge < -0.3 is 10.1 Å². The van der Waals surface area contributed by atoms with Gasteiger partial charge in [0.1, 0.15) is 5.75 Å². The van der Waals surface area contributed by atoms with E-state index in [0.29, 0.717) is 22.2 Å². The number of carbonyl (C=O) groups excluding carboxylic acids is 1. The first-order valence-electron chi connectivity index (χ1n) is 10.2. The Morgan fingerprint density at radius 1 is 1.00 bits per heavy atom. The number of pyridine rings is 1. The van der Waals surface area contributed by atoms with Gasteiger partial charge in [-0.05, 0) is 81.3 Å². The van der Waals surface area contributed by atoms with E-state index in [2.05, 4.69) is 10.3 Å². The normalized spacial score (nSPS) is 13.3. The van der Waals surface area contributed by atoms with Crippen LogP contribution < -0.4 is 10.1 Å². The quantitative estimate of drug-likeness (QED) is 0.446. The van der Waals surface area contributed by atoms with E-state index in [1.54, 1.807) is 44.3 Å². The number of hydrogen-bond donors (Lipinski definition) is 1. The van der Waals surface area contributed by atoms with Crippen LogP contribution >= 0.6 is 23.2 Å². The summed E-state index contributed by atoms with van der Waals surface area (Å²) in [5, 5.41) is 4.44. The molecule has 0 aliphatic rings. The van der Waals surface area contributed by atoms with Crippen molar-refractivity contribution in [2.24, 2.45) is 0 Å². The second-order valence-corrected chi connectivity index (χ2v) is 8.89. The highest BCUT2D eigenvalue weighted by Crippen LogP contribution is 2.26. The van der Waals surface area contributed by atoms with E-state index in [9.17, 15) is 4.79 Å². The Balaban J connectivity index is 1.75. The van der Waals surface area contributed by atoms with Crippen LogP contribution in [0.15, 0.2) is 72.9 Å². The third kappa shape index (κ3) is 6.46. The summed E-state index contributed by atoms with van der Waals surface area (Å²) < 4.78 is 5.94. The van der Waals surface area contributed by atoms with Gasteiger partial charge in [-0.15, -0.1) is 0 Å². The van der Waals surface area contributed by atoms with Crippen molar-refractivity contribution in [3.63, 3.8) is 0 Å². The van der Waals surface area contributed by atoms with Gasteiger partial charge in [0.25, 0.3) is 5.91 Å². The first kappa shape index (κ1) is 23.1. The van der Waals surface area contributed by atoms with Crippen LogP contribution in [0.25, 0.3) is 0 Å². The summed E-state index contributed by atoms with van der Waals surface area (Å²) in [6, 6.07) is 20.4. The summed E-state index contributed by atoms with van der Waals surface area (Å²) in [6.45, 7) is 5.49. The zero-order valence-corrected chi connectivity index (χ0v) is 19.3. The fraction of sp³-hybridized carbons (Fsp3) is 0.280. The lowest BCUT2D eigenvalue weighted by Crippen LogP contribution is -2.51. The highest BCUT2D eigenvalue weighted by Gasteiger charge is 2.33. The zero-order valence-electron chi connectivity index (χ0n) is 17.8. The van der Waals surface area contributed by atoms with Gasteiger partial charge in [0, 0.05) is 33.9 Å². The number of benzene rings is 2. The molecule has 6 heteroatoms. The van der Waals surface area contributed by atoms with Gasteiger partial charge in [-0.25, -0.2) is 0 Å². The maximum absolute atomic E-state index is 13.1. The van der Waals surface area contributed by atoms with E-state index in [1.165, 1.54) is 0 Å². The van der Waals surface area contributed by atoms with E-state index in [0.717, 1.165) is 11.3 Å². The van der Waals surface area contributed by atoms with Crippen LogP contribution in [0.3, 0.4) is 0 Å². The number of nitrogens with zero attached hydrogens (tertiary/aromatic N) is 1. The summed E-state index contributed by atoms with van der Waals surface area (Å²) >= 11 is 12.0. The molecule has 0 fully saturated rings. The average molecular weight is 457 g/mol. The summed E-state index contributed by atoms with van der Waals surface area (Å²) in [6.07, 6.45) is 2.49. The van der Waals surface area contributed by atoms with Crippen molar-refractivity contribution in [1.29, 1.82) is 0 Å². The molecule has 0 aliphatic carbocycles. The molecular weight excluding hydrogens is 431 g/mol. The average Bonchev–Trinajstić information content (AvgIpc) is 2.75. The molecule has 162 valence electrons. The lowest BCUT2D eigenvalue weighted by Gasteiger charge is -2.30. The molecule has 0 saturated heterocycles. The third-order valence-electron chi connectivity index (χ3n) is 5.13. The first-order chi connectivity index (χ1) is 14.7. The molecule has 1 aromatic heterocycles. The number of hydrogen-bond acceptors (Lipinski definition) is 3. The van der Waals surface area contributed by atoms with Crippen LogP contribution in [0.5, 0.6) is 5.75 Å². The van der Waals surface area contributed by atoms with Crippen LogP contribution in [0.2, 0.25) is 10.0 Å². The van der Waals surface area contributed by atoms with Crippen LogP contribution in [-0.4, -0.2) is 22.5 Å². The fourth-order valence-electron chi connectivity index (χ4n) is 3.33. The second-order valence-electron chi connectivity index (χ2n) is 8.02. The van der Waals surface area contributed by atoms with Gasteiger partial charge in [0.15, 0.2) is 5.60 Å². The van der Waals surface area contributed by atoms with E-state index in [-0.39, 0.29) is 17.9 Å². The van der Waals surface area contributed by atoms with Gasteiger partial charge in [-0.3, -0.25) is 9.78 Å². The van der Waals surface area contributed by atoms with Crippen molar-refractivity contribution in [1.82, 2.24) is 10.3 Å². The molecule has 0 spiro atoms. The zero-order chi connectivity index (χ0) is 22.4. The van der Waals surface area contributed by atoms with E-state index < -0.39 is 5.60 Å². The van der Waals surface area contributed by atoms with Gasteiger partial charge in [-0.2, -0.15) is 0 Å². The SMILES string of the molecule is CC(NC(=O)C(C)(C)Oc1ccc(Cl)cc1)C(Cc1ccc(Cl)cc1)c1ccccn1. The van der Waals surface area contributed by atoms with Crippen molar-refractivity contribution < 1.29 is 9.53 Å². The van der Waals surface area contributed by atoms with Crippen molar-refractivity contribution in [3.8, 4) is 5.75 Å². The minimum Gasteiger partial charge on any atom is -0.478 e. The monoisotopic (exact) mass is 456 g/mol. The lowest BCUT2D eigenvalue weighted by atomic mass is 9.89. The predicted molar refractivity (Wildman–Crippen MR) is 126 cm³/mol. The van der Waals surface area contributed by atoms with Gasteiger partial charge in [0.2, 0.25) is 0 Å². The molecule has 0 bridgehead atoms. The molecule has 1 amide bonds. The standard InChI is InChI=1S/C25H26Cl2N2O2/c1-17(29-24(30)25(2,3)31-21-13-11-20(27)12-14-21)22(23-6-4-5-15-28-23)16-18-7-9-19(26)10-8-18/h4-15,17,22H,16H2,1-3H3,(H,29,30). The topological polar surface area (TPSA) is 51.2 Å². The molecule has 3 aromatic rings. The summed E-state index contributed by atoms with van der Waals surface area (Å²) in [7, 11) is 0. The highest BCUT2D eigenvalue weighted by molar-refractivity contribution is 6.30. The molecule has 1 N–H and O–H groups in total. The number of ether oxygens (including phenoxy) is 1. The Bertz CT molecular complexity index is 990. The Kier molecular flexibility index (Phi) is 7.58. The smallest absolute Gasteiger partial charge is 0.263 e. The Morgan fingerprint density at radius 2 is 1.61 bits per heavy atom. The van der Waals surface area contributed by atoms with Gasteiger partial charge in [-0.1, -0.05) is 41.4 Å². The minimum atomic E-state index is -1.06. The molecule has 2 unspecified atom stereocenters. The molecule has 2 atom stereocenters. The number of halogens is 2. The number of rotatable bonds is 8. The molecule has 0 saturated carbocycles. The van der Waals surface area contributed by atoms with Crippen molar-refractivity contribution in [2.75, 3.05) is 0 Å².